The molecule has 0 heterocycles. The predicted octanol–water partition coefficient (Wildman–Crippen LogP) is 1.15. The molecule has 0 saturated carbocycles. The van der Waals surface area contributed by atoms with Crippen LogP contribution in [0.25, 0.3) is 0 Å². The van der Waals surface area contributed by atoms with Crippen molar-refractivity contribution in [3.63, 3.8) is 0 Å². The van der Waals surface area contributed by atoms with Gasteiger partial charge < -0.3 is 16.2 Å². The number of benzene rings is 1. The lowest BCUT2D eigenvalue weighted by molar-refractivity contribution is 0.0999. The van der Waals surface area contributed by atoms with E-state index in [2.05, 4.69) is 0 Å². The summed E-state index contributed by atoms with van der Waals surface area (Å²) in [6.45, 7) is 3.77. The van der Waals surface area contributed by atoms with Crippen LogP contribution in [0.2, 0.25) is 0 Å². The third-order valence-corrected chi connectivity index (χ3v) is 1.66. The first-order chi connectivity index (χ1) is 6.50. The zero-order valence-electron chi connectivity index (χ0n) is 8.28. The van der Waals surface area contributed by atoms with Crippen molar-refractivity contribution in [2.24, 2.45) is 5.73 Å². The summed E-state index contributed by atoms with van der Waals surface area (Å²) in [6.07, 6.45) is 0.0143. The molecule has 76 valence electrons. The van der Waals surface area contributed by atoms with Crippen molar-refractivity contribution in [1.82, 2.24) is 0 Å². The minimum atomic E-state index is -0.487. The van der Waals surface area contributed by atoms with Gasteiger partial charge in [-0.15, -0.1) is 0 Å². The fourth-order valence-corrected chi connectivity index (χ4v) is 1.04. The number of anilines is 1. The van der Waals surface area contributed by atoms with E-state index in [9.17, 15) is 4.79 Å². The van der Waals surface area contributed by atoms with E-state index in [1.165, 1.54) is 0 Å². The Morgan fingerprint density at radius 1 is 1.43 bits per heavy atom. The van der Waals surface area contributed by atoms with Crippen molar-refractivity contribution in [1.29, 1.82) is 0 Å². The van der Waals surface area contributed by atoms with Crippen LogP contribution in [0.3, 0.4) is 0 Å². The van der Waals surface area contributed by atoms with Gasteiger partial charge in [0.05, 0.1) is 11.8 Å². The van der Waals surface area contributed by atoms with E-state index in [1.807, 2.05) is 13.8 Å². The van der Waals surface area contributed by atoms with Gasteiger partial charge in [-0.1, -0.05) is 0 Å². The number of hydrogen-bond donors (Lipinski definition) is 2. The summed E-state index contributed by atoms with van der Waals surface area (Å²) in [7, 11) is 0. The highest BCUT2D eigenvalue weighted by molar-refractivity contribution is 5.93. The number of amides is 1. The first-order valence-corrected chi connectivity index (χ1v) is 4.36. The van der Waals surface area contributed by atoms with Gasteiger partial charge in [0, 0.05) is 5.56 Å². The first kappa shape index (κ1) is 10.4. The highest BCUT2D eigenvalue weighted by Gasteiger charge is 2.07. The van der Waals surface area contributed by atoms with Crippen LogP contribution in [0.15, 0.2) is 18.2 Å². The first-order valence-electron chi connectivity index (χ1n) is 4.36. The molecule has 0 atom stereocenters. The number of primary amides is 1. The van der Waals surface area contributed by atoms with Crippen LogP contribution >= 0.6 is 0 Å². The monoisotopic (exact) mass is 194 g/mol. The van der Waals surface area contributed by atoms with Crippen LogP contribution in [0.5, 0.6) is 5.75 Å². The molecule has 4 heteroatoms. The molecule has 0 aliphatic carbocycles. The van der Waals surface area contributed by atoms with Crippen LogP contribution in [0.4, 0.5) is 5.69 Å². The third kappa shape index (κ3) is 2.39. The van der Waals surface area contributed by atoms with Gasteiger partial charge in [-0.05, 0) is 32.0 Å². The Hall–Kier alpha value is -1.71. The van der Waals surface area contributed by atoms with Gasteiger partial charge in [-0.2, -0.15) is 0 Å². The topological polar surface area (TPSA) is 78.3 Å². The highest BCUT2D eigenvalue weighted by atomic mass is 16.5. The SMILES string of the molecule is CC(C)Oc1cc(C(N)=O)ccc1N. The molecule has 0 radical (unpaired) electrons. The van der Waals surface area contributed by atoms with E-state index in [4.69, 9.17) is 16.2 Å². The van der Waals surface area contributed by atoms with Gasteiger partial charge in [0.1, 0.15) is 5.75 Å². The molecule has 0 bridgehead atoms. The molecule has 1 rings (SSSR count). The molecule has 4 N–H and O–H groups in total. The molecule has 0 aliphatic heterocycles. The quantitative estimate of drug-likeness (QED) is 0.708. The van der Waals surface area contributed by atoms with Gasteiger partial charge in [0.2, 0.25) is 5.91 Å². The van der Waals surface area contributed by atoms with Crippen molar-refractivity contribution in [3.05, 3.63) is 23.8 Å². The largest absolute Gasteiger partial charge is 0.489 e. The second kappa shape index (κ2) is 4.00. The van der Waals surface area contributed by atoms with Gasteiger partial charge in [0.15, 0.2) is 0 Å². The third-order valence-electron chi connectivity index (χ3n) is 1.66. The maximum Gasteiger partial charge on any atom is 0.248 e. The Balaban J connectivity index is 3.02. The Morgan fingerprint density at radius 3 is 2.57 bits per heavy atom. The zero-order valence-corrected chi connectivity index (χ0v) is 8.28. The van der Waals surface area contributed by atoms with Gasteiger partial charge in [-0.3, -0.25) is 4.79 Å². The molecule has 4 nitrogen and oxygen atoms in total. The van der Waals surface area contributed by atoms with E-state index in [-0.39, 0.29) is 6.10 Å². The zero-order chi connectivity index (χ0) is 10.7. The Bertz CT molecular complexity index is 348. The summed E-state index contributed by atoms with van der Waals surface area (Å²) in [5.74, 6) is 0.00917. The van der Waals surface area contributed by atoms with Gasteiger partial charge in [-0.25, -0.2) is 0 Å². The molecule has 14 heavy (non-hydrogen) atoms. The standard InChI is InChI=1S/C10H14N2O2/c1-6(2)14-9-5-7(10(12)13)3-4-8(9)11/h3-6H,11H2,1-2H3,(H2,12,13). The summed E-state index contributed by atoms with van der Waals surface area (Å²) < 4.78 is 5.40. The second-order valence-electron chi connectivity index (χ2n) is 3.28. The lowest BCUT2D eigenvalue weighted by atomic mass is 10.2. The van der Waals surface area contributed by atoms with Gasteiger partial charge in [0.25, 0.3) is 0 Å². The molecule has 1 aromatic rings. The summed E-state index contributed by atoms with van der Waals surface area (Å²) in [5.41, 5.74) is 11.7. The predicted molar refractivity (Wildman–Crippen MR) is 55.1 cm³/mol. The highest BCUT2D eigenvalue weighted by Crippen LogP contribution is 2.23. The molecule has 1 amide bonds. The van der Waals surface area contributed by atoms with Crippen molar-refractivity contribution < 1.29 is 9.53 Å². The summed E-state index contributed by atoms with van der Waals surface area (Å²) >= 11 is 0. The number of carbonyl (C=O) groups is 1. The number of ether oxygens (including phenoxy) is 1. The fraction of sp³-hybridized carbons (Fsp3) is 0.300. The van der Waals surface area contributed by atoms with Crippen molar-refractivity contribution in [2.45, 2.75) is 20.0 Å². The minimum absolute atomic E-state index is 0.0143. The fourth-order valence-electron chi connectivity index (χ4n) is 1.04. The summed E-state index contributed by atoms with van der Waals surface area (Å²) in [5, 5.41) is 0. The molecule has 0 aliphatic rings. The summed E-state index contributed by atoms with van der Waals surface area (Å²) in [4.78, 5) is 10.9. The normalized spacial score (nSPS) is 10.2. The average Bonchev–Trinajstić information content (AvgIpc) is 2.07. The van der Waals surface area contributed by atoms with E-state index in [0.29, 0.717) is 17.0 Å². The van der Waals surface area contributed by atoms with Gasteiger partial charge >= 0.3 is 0 Å². The maximum atomic E-state index is 10.9. The number of nitrogens with two attached hydrogens (primary N) is 2. The number of carbonyl (C=O) groups excluding carboxylic acids is 1. The molecule has 0 aromatic heterocycles. The minimum Gasteiger partial charge on any atom is -0.489 e. The molecular formula is C10H14N2O2. The molecule has 0 saturated heterocycles. The Kier molecular flexibility index (Phi) is 2.96. The molecular weight excluding hydrogens is 180 g/mol. The Morgan fingerprint density at radius 2 is 2.07 bits per heavy atom. The molecule has 0 unspecified atom stereocenters. The second-order valence-corrected chi connectivity index (χ2v) is 3.28. The van der Waals surface area contributed by atoms with E-state index >= 15 is 0 Å². The lowest BCUT2D eigenvalue weighted by Crippen LogP contribution is -2.13. The van der Waals surface area contributed by atoms with Crippen LogP contribution < -0.4 is 16.2 Å². The Labute approximate surface area is 82.8 Å². The molecule has 1 aromatic carbocycles. The van der Waals surface area contributed by atoms with E-state index in [0.717, 1.165) is 0 Å². The smallest absolute Gasteiger partial charge is 0.248 e. The maximum absolute atomic E-state index is 10.9. The lowest BCUT2D eigenvalue weighted by Gasteiger charge is -2.12. The summed E-state index contributed by atoms with van der Waals surface area (Å²) in [6, 6.07) is 4.74. The van der Waals surface area contributed by atoms with Crippen LogP contribution in [-0.4, -0.2) is 12.0 Å². The number of nitrogen functional groups attached to an aromatic ring is 1. The van der Waals surface area contributed by atoms with Crippen molar-refractivity contribution >= 4 is 11.6 Å². The van der Waals surface area contributed by atoms with Crippen LogP contribution in [-0.2, 0) is 0 Å². The average molecular weight is 194 g/mol. The number of rotatable bonds is 3. The van der Waals surface area contributed by atoms with Crippen molar-refractivity contribution in [2.75, 3.05) is 5.73 Å². The van der Waals surface area contributed by atoms with E-state index in [1.54, 1.807) is 18.2 Å². The number of hydrogen-bond acceptors (Lipinski definition) is 3. The van der Waals surface area contributed by atoms with E-state index < -0.39 is 5.91 Å². The van der Waals surface area contributed by atoms with Crippen LogP contribution in [0, 0.1) is 0 Å². The van der Waals surface area contributed by atoms with Crippen molar-refractivity contribution in [3.8, 4) is 5.75 Å². The van der Waals surface area contributed by atoms with Crippen LogP contribution in [0.1, 0.15) is 24.2 Å². The molecule has 0 spiro atoms. The molecule has 0 fully saturated rings.